The summed E-state index contributed by atoms with van der Waals surface area (Å²) < 4.78 is 31.4. The standard InChI is InChI=1S/C22H28ClN3O5S/c1-5-31-20-11-9-19(10-12-20)26(32(4,29)30)15-21(27)25(16(2)22(28)24-3)14-17-7-6-8-18(23)13-17/h6-13,16H,5,14-15H2,1-4H3,(H,24,28). The number of hydrogen-bond acceptors (Lipinski definition) is 5. The van der Waals surface area contributed by atoms with Gasteiger partial charge in [0.2, 0.25) is 21.8 Å². The van der Waals surface area contributed by atoms with E-state index >= 15 is 0 Å². The van der Waals surface area contributed by atoms with Gasteiger partial charge in [0.05, 0.1) is 18.6 Å². The van der Waals surface area contributed by atoms with Gasteiger partial charge < -0.3 is 15.0 Å². The highest BCUT2D eigenvalue weighted by molar-refractivity contribution is 7.92. The molecule has 1 atom stereocenters. The molecule has 1 N–H and O–H groups in total. The van der Waals surface area contributed by atoms with Crippen molar-refractivity contribution in [1.82, 2.24) is 10.2 Å². The number of benzene rings is 2. The van der Waals surface area contributed by atoms with Crippen LogP contribution >= 0.6 is 11.6 Å². The van der Waals surface area contributed by atoms with Gasteiger partial charge in [-0.1, -0.05) is 23.7 Å². The summed E-state index contributed by atoms with van der Waals surface area (Å²) >= 11 is 6.06. The summed E-state index contributed by atoms with van der Waals surface area (Å²) in [4.78, 5) is 26.9. The van der Waals surface area contributed by atoms with Crippen LogP contribution in [-0.2, 0) is 26.2 Å². The molecule has 0 spiro atoms. The lowest BCUT2D eigenvalue weighted by Gasteiger charge is -2.31. The number of halogens is 1. The molecule has 10 heteroatoms. The Labute approximate surface area is 194 Å². The summed E-state index contributed by atoms with van der Waals surface area (Å²) in [7, 11) is -2.30. The number of nitrogens with one attached hydrogen (secondary N) is 1. The van der Waals surface area contributed by atoms with Crippen LogP contribution < -0.4 is 14.4 Å². The Morgan fingerprint density at radius 3 is 2.34 bits per heavy atom. The lowest BCUT2D eigenvalue weighted by atomic mass is 10.1. The van der Waals surface area contributed by atoms with E-state index in [0.717, 1.165) is 10.6 Å². The fraction of sp³-hybridized carbons (Fsp3) is 0.364. The van der Waals surface area contributed by atoms with Crippen LogP contribution in [0.5, 0.6) is 5.75 Å². The van der Waals surface area contributed by atoms with Gasteiger partial charge in [-0.15, -0.1) is 0 Å². The normalized spacial score (nSPS) is 12.0. The second-order valence-corrected chi connectivity index (χ2v) is 9.48. The smallest absolute Gasteiger partial charge is 0.244 e. The van der Waals surface area contributed by atoms with E-state index in [1.807, 2.05) is 6.92 Å². The highest BCUT2D eigenvalue weighted by Crippen LogP contribution is 2.23. The summed E-state index contributed by atoms with van der Waals surface area (Å²) in [6.45, 7) is 3.54. The van der Waals surface area contributed by atoms with Crippen molar-refractivity contribution >= 4 is 39.1 Å². The molecule has 0 saturated carbocycles. The predicted molar refractivity (Wildman–Crippen MR) is 125 cm³/mol. The Balaban J connectivity index is 2.35. The molecule has 174 valence electrons. The van der Waals surface area contributed by atoms with Crippen LogP contribution in [0.15, 0.2) is 48.5 Å². The number of anilines is 1. The minimum Gasteiger partial charge on any atom is -0.494 e. The first-order valence-corrected chi connectivity index (χ1v) is 12.3. The number of carbonyl (C=O) groups is 2. The molecule has 0 aliphatic heterocycles. The third kappa shape index (κ3) is 6.86. The van der Waals surface area contributed by atoms with Crippen molar-refractivity contribution in [2.75, 3.05) is 30.8 Å². The summed E-state index contributed by atoms with van der Waals surface area (Å²) in [6, 6.07) is 12.5. The molecule has 2 aromatic carbocycles. The molecule has 2 rings (SSSR count). The quantitative estimate of drug-likeness (QED) is 0.562. The van der Waals surface area contributed by atoms with Crippen LogP contribution in [-0.4, -0.2) is 57.6 Å². The van der Waals surface area contributed by atoms with Crippen molar-refractivity contribution in [3.05, 3.63) is 59.1 Å². The van der Waals surface area contributed by atoms with Crippen LogP contribution in [0.25, 0.3) is 0 Å². The van der Waals surface area contributed by atoms with Crippen LogP contribution in [0.4, 0.5) is 5.69 Å². The number of ether oxygens (including phenoxy) is 1. The Bertz CT molecular complexity index is 1040. The molecule has 0 heterocycles. The van der Waals surface area contributed by atoms with Crippen molar-refractivity contribution in [1.29, 1.82) is 0 Å². The molecule has 0 aliphatic carbocycles. The van der Waals surface area contributed by atoms with Gasteiger partial charge in [0.1, 0.15) is 18.3 Å². The zero-order chi connectivity index (χ0) is 23.9. The maximum atomic E-state index is 13.3. The van der Waals surface area contributed by atoms with E-state index in [2.05, 4.69) is 5.32 Å². The lowest BCUT2D eigenvalue weighted by Crippen LogP contribution is -2.50. The van der Waals surface area contributed by atoms with Crippen LogP contribution in [0, 0.1) is 0 Å². The number of amides is 2. The number of nitrogens with zero attached hydrogens (tertiary/aromatic N) is 2. The molecule has 0 bridgehead atoms. The monoisotopic (exact) mass is 481 g/mol. The first-order chi connectivity index (χ1) is 15.1. The van der Waals surface area contributed by atoms with Gasteiger partial charge in [0, 0.05) is 18.6 Å². The third-order valence-corrected chi connectivity index (χ3v) is 6.15. The van der Waals surface area contributed by atoms with Gasteiger partial charge >= 0.3 is 0 Å². The molecule has 0 aromatic heterocycles. The molecular formula is C22H28ClN3O5S. The van der Waals surface area contributed by atoms with Gasteiger partial charge in [0.15, 0.2) is 0 Å². The zero-order valence-corrected chi connectivity index (χ0v) is 20.1. The topological polar surface area (TPSA) is 96.0 Å². The molecular weight excluding hydrogens is 454 g/mol. The molecule has 2 aromatic rings. The third-order valence-electron chi connectivity index (χ3n) is 4.77. The van der Waals surface area contributed by atoms with Crippen LogP contribution in [0.2, 0.25) is 5.02 Å². The average molecular weight is 482 g/mol. The molecule has 0 fully saturated rings. The number of hydrogen-bond donors (Lipinski definition) is 1. The Morgan fingerprint density at radius 1 is 1.16 bits per heavy atom. The number of rotatable bonds is 10. The number of carbonyl (C=O) groups excluding carboxylic acids is 2. The van der Waals surface area contributed by atoms with Crippen molar-refractivity contribution < 1.29 is 22.7 Å². The molecule has 0 saturated heterocycles. The molecule has 32 heavy (non-hydrogen) atoms. The predicted octanol–water partition coefficient (Wildman–Crippen LogP) is 2.67. The number of likely N-dealkylation sites (N-methyl/N-ethyl adjacent to an activating group) is 1. The summed E-state index contributed by atoms with van der Waals surface area (Å²) in [5.74, 6) is -0.306. The van der Waals surface area contributed by atoms with E-state index in [9.17, 15) is 18.0 Å². The fourth-order valence-electron chi connectivity index (χ4n) is 3.11. The fourth-order valence-corrected chi connectivity index (χ4v) is 4.18. The largest absolute Gasteiger partial charge is 0.494 e. The summed E-state index contributed by atoms with van der Waals surface area (Å²) in [5, 5.41) is 3.02. The van der Waals surface area contributed by atoms with Crippen LogP contribution in [0.3, 0.4) is 0 Å². The lowest BCUT2D eigenvalue weighted by molar-refractivity contribution is -0.139. The summed E-state index contributed by atoms with van der Waals surface area (Å²) in [5.41, 5.74) is 1.04. The second kappa shape index (κ2) is 11.2. The zero-order valence-electron chi connectivity index (χ0n) is 18.5. The van der Waals surface area contributed by atoms with Crippen molar-refractivity contribution in [2.45, 2.75) is 26.4 Å². The van der Waals surface area contributed by atoms with Crippen molar-refractivity contribution in [2.24, 2.45) is 0 Å². The van der Waals surface area contributed by atoms with E-state index in [1.165, 1.54) is 11.9 Å². The van der Waals surface area contributed by atoms with Gasteiger partial charge in [-0.3, -0.25) is 13.9 Å². The minimum atomic E-state index is -3.78. The van der Waals surface area contributed by atoms with Gasteiger partial charge in [0.25, 0.3) is 0 Å². The van der Waals surface area contributed by atoms with Gasteiger partial charge in [-0.2, -0.15) is 0 Å². The van der Waals surface area contributed by atoms with Crippen LogP contribution in [0.1, 0.15) is 19.4 Å². The Hall–Kier alpha value is -2.78. The van der Waals surface area contributed by atoms with E-state index in [1.54, 1.807) is 55.5 Å². The average Bonchev–Trinajstić information content (AvgIpc) is 2.75. The summed E-state index contributed by atoms with van der Waals surface area (Å²) in [6.07, 6.45) is 1.03. The maximum absolute atomic E-state index is 13.3. The Morgan fingerprint density at radius 2 is 1.81 bits per heavy atom. The van der Waals surface area contributed by atoms with E-state index in [4.69, 9.17) is 16.3 Å². The van der Waals surface area contributed by atoms with E-state index in [-0.39, 0.29) is 12.5 Å². The van der Waals surface area contributed by atoms with Gasteiger partial charge in [-0.05, 0) is 55.8 Å². The highest BCUT2D eigenvalue weighted by atomic mass is 35.5. The Kier molecular flexibility index (Phi) is 8.91. The SMILES string of the molecule is CCOc1ccc(N(CC(=O)N(Cc2cccc(Cl)c2)C(C)C(=O)NC)S(C)(=O)=O)cc1. The van der Waals surface area contributed by atoms with E-state index < -0.39 is 28.5 Å². The molecule has 1 unspecified atom stereocenters. The number of sulfonamides is 1. The minimum absolute atomic E-state index is 0.0921. The second-order valence-electron chi connectivity index (χ2n) is 7.14. The molecule has 8 nitrogen and oxygen atoms in total. The maximum Gasteiger partial charge on any atom is 0.244 e. The van der Waals surface area contributed by atoms with Crippen molar-refractivity contribution in [3.8, 4) is 5.75 Å². The molecule has 0 radical (unpaired) electrons. The van der Waals surface area contributed by atoms with Crippen molar-refractivity contribution in [3.63, 3.8) is 0 Å². The molecule has 2 amide bonds. The molecule has 0 aliphatic rings. The van der Waals surface area contributed by atoms with E-state index in [0.29, 0.717) is 28.6 Å². The highest BCUT2D eigenvalue weighted by Gasteiger charge is 2.29. The first kappa shape index (κ1) is 25.5. The van der Waals surface area contributed by atoms with Gasteiger partial charge in [-0.25, -0.2) is 8.42 Å². The first-order valence-electron chi connectivity index (χ1n) is 10.0.